The summed E-state index contributed by atoms with van der Waals surface area (Å²) in [6, 6.07) is 5.78. The van der Waals surface area contributed by atoms with Crippen LogP contribution in [-0.2, 0) is 9.84 Å². The van der Waals surface area contributed by atoms with Gasteiger partial charge in [-0.2, -0.15) is 0 Å². The first-order valence-corrected chi connectivity index (χ1v) is 8.16. The molecule has 0 fully saturated rings. The van der Waals surface area contributed by atoms with Gasteiger partial charge in [0.1, 0.15) is 15.7 Å². The van der Waals surface area contributed by atoms with Crippen molar-refractivity contribution in [2.24, 2.45) is 5.73 Å². The summed E-state index contributed by atoms with van der Waals surface area (Å²) in [6.45, 7) is 2.10. The van der Waals surface area contributed by atoms with Crippen molar-refractivity contribution in [3.8, 4) is 0 Å². The van der Waals surface area contributed by atoms with Gasteiger partial charge >= 0.3 is 0 Å². The third-order valence-corrected chi connectivity index (χ3v) is 3.94. The van der Waals surface area contributed by atoms with Crippen LogP contribution in [0.1, 0.15) is 18.5 Å². The van der Waals surface area contributed by atoms with E-state index in [0.717, 1.165) is 0 Å². The Morgan fingerprint density at radius 1 is 1.37 bits per heavy atom. The first-order valence-electron chi connectivity index (χ1n) is 6.10. The Kier molecular flexibility index (Phi) is 5.46. The molecule has 0 aliphatic carbocycles. The lowest BCUT2D eigenvalue weighted by molar-refractivity contribution is 0.225. The Hall–Kier alpha value is -0.980. The quantitative estimate of drug-likeness (QED) is 0.854. The molecule has 0 spiro atoms. The molecule has 2 atom stereocenters. The maximum absolute atomic E-state index is 13.8. The molecule has 1 aromatic carbocycles. The number of nitrogens with zero attached hydrogens (tertiary/aromatic N) is 1. The normalized spacial score (nSPS) is 15.5. The molecule has 0 aliphatic heterocycles. The van der Waals surface area contributed by atoms with E-state index in [2.05, 4.69) is 0 Å². The van der Waals surface area contributed by atoms with Crippen LogP contribution >= 0.6 is 0 Å². The van der Waals surface area contributed by atoms with E-state index in [9.17, 15) is 12.8 Å². The molecule has 2 N–H and O–H groups in total. The van der Waals surface area contributed by atoms with Crippen molar-refractivity contribution in [3.63, 3.8) is 0 Å². The van der Waals surface area contributed by atoms with Gasteiger partial charge < -0.3 is 5.73 Å². The average molecular weight is 288 g/mol. The van der Waals surface area contributed by atoms with Crippen molar-refractivity contribution < 1.29 is 12.8 Å². The second-order valence-electron chi connectivity index (χ2n) is 4.94. The molecule has 0 aliphatic rings. The Balaban J connectivity index is 2.93. The molecule has 2 unspecified atom stereocenters. The van der Waals surface area contributed by atoms with Crippen LogP contribution in [0.15, 0.2) is 24.3 Å². The molecule has 108 valence electrons. The summed E-state index contributed by atoms with van der Waals surface area (Å²) in [6.07, 6.45) is 1.19. The van der Waals surface area contributed by atoms with E-state index in [1.807, 2.05) is 0 Å². The Labute approximate surface area is 114 Å². The van der Waals surface area contributed by atoms with E-state index in [1.165, 1.54) is 12.3 Å². The number of nitrogens with two attached hydrogens (primary N) is 1. The molecular weight excluding hydrogens is 267 g/mol. The molecule has 19 heavy (non-hydrogen) atoms. The molecule has 0 aromatic heterocycles. The molecule has 6 heteroatoms. The highest BCUT2D eigenvalue weighted by Gasteiger charge is 2.24. The summed E-state index contributed by atoms with van der Waals surface area (Å²) in [7, 11) is -1.29. The van der Waals surface area contributed by atoms with Crippen molar-refractivity contribution in [2.75, 3.05) is 25.6 Å². The third-order valence-electron chi connectivity index (χ3n) is 3.01. The van der Waals surface area contributed by atoms with Crippen LogP contribution in [0.2, 0.25) is 0 Å². The fraction of sp³-hybridized carbons (Fsp3) is 0.538. The molecule has 0 radical (unpaired) electrons. The fourth-order valence-corrected chi connectivity index (χ4v) is 2.71. The molecule has 1 rings (SSSR count). The molecule has 0 heterocycles. The lowest BCUT2D eigenvalue weighted by atomic mass is 9.99. The van der Waals surface area contributed by atoms with Gasteiger partial charge in [-0.1, -0.05) is 18.2 Å². The van der Waals surface area contributed by atoms with Crippen LogP contribution in [0.25, 0.3) is 0 Å². The monoisotopic (exact) mass is 288 g/mol. The van der Waals surface area contributed by atoms with Crippen LogP contribution in [0.5, 0.6) is 0 Å². The minimum Gasteiger partial charge on any atom is -0.326 e. The van der Waals surface area contributed by atoms with Crippen LogP contribution < -0.4 is 5.73 Å². The number of sulfone groups is 1. The van der Waals surface area contributed by atoms with Crippen LogP contribution in [0, 0.1) is 5.82 Å². The van der Waals surface area contributed by atoms with Crippen molar-refractivity contribution in [3.05, 3.63) is 35.6 Å². The highest BCUT2D eigenvalue weighted by Crippen LogP contribution is 2.24. The van der Waals surface area contributed by atoms with Gasteiger partial charge in [0.2, 0.25) is 0 Å². The number of rotatable bonds is 6. The van der Waals surface area contributed by atoms with Gasteiger partial charge in [0.25, 0.3) is 0 Å². The average Bonchev–Trinajstić information content (AvgIpc) is 2.28. The van der Waals surface area contributed by atoms with E-state index in [4.69, 9.17) is 5.73 Å². The summed E-state index contributed by atoms with van der Waals surface area (Å²) >= 11 is 0. The van der Waals surface area contributed by atoms with Crippen molar-refractivity contribution in [1.29, 1.82) is 0 Å². The van der Waals surface area contributed by atoms with Gasteiger partial charge in [-0.15, -0.1) is 0 Å². The lowest BCUT2D eigenvalue weighted by Crippen LogP contribution is -2.39. The molecule has 1 aromatic rings. The summed E-state index contributed by atoms with van der Waals surface area (Å²) in [4.78, 5) is 1.78. The highest BCUT2D eigenvalue weighted by atomic mass is 32.2. The van der Waals surface area contributed by atoms with Gasteiger partial charge in [-0.3, -0.25) is 4.90 Å². The standard InChI is InChI=1S/C13H21FN2O2S/c1-10(15)13(11-6-4-5-7-12(11)14)16(2)8-9-19(3,17)18/h4-7,10,13H,8-9,15H2,1-3H3. The largest absolute Gasteiger partial charge is 0.326 e. The lowest BCUT2D eigenvalue weighted by Gasteiger charge is -2.31. The molecule has 4 nitrogen and oxygen atoms in total. The van der Waals surface area contributed by atoms with E-state index >= 15 is 0 Å². The SMILES string of the molecule is CC(N)C(c1ccccc1F)N(C)CCS(C)(=O)=O. The second-order valence-corrected chi connectivity index (χ2v) is 7.20. The van der Waals surface area contributed by atoms with Crippen LogP contribution in [-0.4, -0.2) is 45.0 Å². The predicted octanol–water partition coefficient (Wildman–Crippen LogP) is 1.19. The minimum atomic E-state index is -3.05. The zero-order chi connectivity index (χ0) is 14.6. The smallest absolute Gasteiger partial charge is 0.148 e. The van der Waals surface area contributed by atoms with Gasteiger partial charge in [-0.05, 0) is 20.0 Å². The zero-order valence-corrected chi connectivity index (χ0v) is 12.3. The summed E-state index contributed by atoms with van der Waals surface area (Å²) in [5.74, 6) is -0.294. The van der Waals surface area contributed by atoms with Crippen molar-refractivity contribution in [1.82, 2.24) is 4.90 Å². The first-order chi connectivity index (χ1) is 8.72. The Morgan fingerprint density at radius 2 is 1.95 bits per heavy atom. The van der Waals surface area contributed by atoms with E-state index in [0.29, 0.717) is 12.1 Å². The third kappa shape index (κ3) is 4.89. The van der Waals surface area contributed by atoms with E-state index in [1.54, 1.807) is 37.1 Å². The summed E-state index contributed by atoms with van der Waals surface area (Å²) in [5.41, 5.74) is 6.41. The van der Waals surface area contributed by atoms with E-state index < -0.39 is 9.84 Å². The number of hydrogen-bond acceptors (Lipinski definition) is 4. The van der Waals surface area contributed by atoms with Crippen molar-refractivity contribution in [2.45, 2.75) is 19.0 Å². The van der Waals surface area contributed by atoms with E-state index in [-0.39, 0.29) is 23.7 Å². The minimum absolute atomic E-state index is 0.0289. The predicted molar refractivity (Wildman–Crippen MR) is 75.1 cm³/mol. The van der Waals surface area contributed by atoms with Crippen LogP contribution in [0.3, 0.4) is 0 Å². The molecular formula is C13H21FN2O2S. The fourth-order valence-electron chi connectivity index (χ4n) is 2.09. The summed E-state index contributed by atoms with van der Waals surface area (Å²) < 4.78 is 36.2. The van der Waals surface area contributed by atoms with Crippen LogP contribution in [0.4, 0.5) is 4.39 Å². The molecule has 0 bridgehead atoms. The number of halogens is 1. The molecule has 0 saturated carbocycles. The number of benzene rings is 1. The Morgan fingerprint density at radius 3 is 2.42 bits per heavy atom. The number of likely N-dealkylation sites (N-methyl/N-ethyl adjacent to an activating group) is 1. The Bertz CT molecular complexity index is 517. The maximum atomic E-state index is 13.8. The van der Waals surface area contributed by atoms with Gasteiger partial charge in [0, 0.05) is 24.4 Å². The van der Waals surface area contributed by atoms with Gasteiger partial charge in [0.05, 0.1) is 11.8 Å². The van der Waals surface area contributed by atoms with Crippen molar-refractivity contribution >= 4 is 9.84 Å². The topological polar surface area (TPSA) is 63.4 Å². The second kappa shape index (κ2) is 6.45. The zero-order valence-electron chi connectivity index (χ0n) is 11.5. The van der Waals surface area contributed by atoms with Gasteiger partial charge in [-0.25, -0.2) is 12.8 Å². The molecule has 0 amide bonds. The molecule has 0 saturated heterocycles. The van der Waals surface area contributed by atoms with Gasteiger partial charge in [0.15, 0.2) is 0 Å². The number of hydrogen-bond donors (Lipinski definition) is 1. The maximum Gasteiger partial charge on any atom is 0.148 e. The highest BCUT2D eigenvalue weighted by molar-refractivity contribution is 7.90. The summed E-state index contributed by atoms with van der Waals surface area (Å²) in [5, 5.41) is 0. The first kappa shape index (κ1) is 16.1.